The van der Waals surface area contributed by atoms with Crippen molar-refractivity contribution in [2.45, 2.75) is 71.5 Å². The molecule has 1 aliphatic carbocycles. The summed E-state index contributed by atoms with van der Waals surface area (Å²) in [6, 6.07) is 8.68. The first-order valence-corrected chi connectivity index (χ1v) is 13.4. The number of quaternary nitrogens is 1. The number of fused-ring (bicyclic) bond motifs is 1. The third-order valence-corrected chi connectivity index (χ3v) is 8.51. The van der Waals surface area contributed by atoms with E-state index in [-0.39, 0.29) is 18.0 Å². The van der Waals surface area contributed by atoms with Gasteiger partial charge in [-0.2, -0.15) is 0 Å². The van der Waals surface area contributed by atoms with Crippen LogP contribution in [-0.2, 0) is 17.9 Å². The number of aromatic nitrogens is 3. The predicted octanol–water partition coefficient (Wildman–Crippen LogP) is 3.91. The number of aromatic amines is 1. The van der Waals surface area contributed by atoms with Crippen molar-refractivity contribution in [3.63, 3.8) is 0 Å². The van der Waals surface area contributed by atoms with Crippen LogP contribution in [0.3, 0.4) is 0 Å². The quantitative estimate of drug-likeness (QED) is 0.417. The van der Waals surface area contributed by atoms with E-state index in [9.17, 15) is 9.59 Å². The number of carbonyl (C=O) groups is 1. The Balaban J connectivity index is 1.26. The molecular formula is C28H39N6O2+. The van der Waals surface area contributed by atoms with Crippen LogP contribution in [0, 0.1) is 12.8 Å². The molecule has 8 heteroatoms. The van der Waals surface area contributed by atoms with Gasteiger partial charge in [-0.1, -0.05) is 19.1 Å². The summed E-state index contributed by atoms with van der Waals surface area (Å²) < 4.78 is 2.57. The second-order valence-electron chi connectivity index (χ2n) is 10.9. The number of nitrogens with zero attached hydrogens (tertiary/aromatic N) is 3. The highest BCUT2D eigenvalue weighted by molar-refractivity contribution is 5.83. The summed E-state index contributed by atoms with van der Waals surface area (Å²) in [7, 11) is 0. The summed E-state index contributed by atoms with van der Waals surface area (Å²) in [6.45, 7) is 7.62. The number of hydrogen-bond acceptors (Lipinski definition) is 4. The topological polar surface area (TPSA) is 91.8 Å². The van der Waals surface area contributed by atoms with Gasteiger partial charge in [-0.3, -0.25) is 14.2 Å². The van der Waals surface area contributed by atoms with Crippen LogP contribution in [0.5, 0.6) is 0 Å². The molecule has 0 radical (unpaired) electrons. The highest BCUT2D eigenvalue weighted by Gasteiger charge is 2.41. The Bertz CT molecular complexity index is 1260. The molecule has 1 saturated carbocycles. The Morgan fingerprint density at radius 1 is 1.17 bits per heavy atom. The third-order valence-electron chi connectivity index (χ3n) is 8.51. The molecule has 1 aliphatic heterocycles. The van der Waals surface area contributed by atoms with E-state index in [0.717, 1.165) is 46.6 Å². The maximum Gasteiger partial charge on any atom is 0.294 e. The standard InChI is InChI=1S/C28H38N6O2/c1-20-11-14-34(15-12-20,23-7-3-4-8-23)19-32-27-28(36)33(21(2)16-31-27)18-26(35)30-17-22-6-5-9-25-24(22)10-13-29-25/h5-6,9-10,13,16,20,23,29H,3-4,7-8,11-12,14-15,17-19H2,1-2H3,(H-,30,31,32,35)/p+1. The van der Waals surface area contributed by atoms with Crippen molar-refractivity contribution in [2.24, 2.45) is 5.92 Å². The number of anilines is 1. The minimum atomic E-state index is -0.229. The smallest absolute Gasteiger partial charge is 0.294 e. The molecule has 192 valence electrons. The molecule has 0 atom stereocenters. The molecule has 0 bridgehead atoms. The lowest BCUT2D eigenvalue weighted by molar-refractivity contribution is -0.953. The zero-order chi connectivity index (χ0) is 25.1. The van der Waals surface area contributed by atoms with Gasteiger partial charge in [0.25, 0.3) is 5.56 Å². The molecule has 1 aromatic carbocycles. The molecule has 1 saturated heterocycles. The van der Waals surface area contributed by atoms with E-state index in [0.29, 0.717) is 24.1 Å². The van der Waals surface area contributed by atoms with E-state index in [1.54, 1.807) is 6.20 Å². The number of nitrogens with one attached hydrogen (secondary N) is 3. The van der Waals surface area contributed by atoms with Crippen molar-refractivity contribution < 1.29 is 9.28 Å². The molecule has 5 rings (SSSR count). The summed E-state index contributed by atoms with van der Waals surface area (Å²) in [4.78, 5) is 33.8. The van der Waals surface area contributed by atoms with Crippen LogP contribution in [0.1, 0.15) is 56.7 Å². The molecule has 3 aromatic rings. The van der Waals surface area contributed by atoms with Gasteiger partial charge in [0, 0.05) is 35.5 Å². The van der Waals surface area contributed by atoms with Gasteiger partial charge in [-0.25, -0.2) is 4.98 Å². The van der Waals surface area contributed by atoms with Crippen LogP contribution >= 0.6 is 0 Å². The first-order chi connectivity index (χ1) is 17.4. The number of carbonyl (C=O) groups excluding carboxylic acids is 1. The molecule has 3 heterocycles. The summed E-state index contributed by atoms with van der Waals surface area (Å²) >= 11 is 0. The van der Waals surface area contributed by atoms with Crippen LogP contribution in [0.4, 0.5) is 5.82 Å². The van der Waals surface area contributed by atoms with E-state index < -0.39 is 0 Å². The number of piperidine rings is 1. The number of hydrogen-bond donors (Lipinski definition) is 3. The molecule has 8 nitrogen and oxygen atoms in total. The Labute approximate surface area is 212 Å². The number of H-pyrrole nitrogens is 1. The third kappa shape index (κ3) is 5.05. The van der Waals surface area contributed by atoms with Crippen molar-refractivity contribution >= 4 is 22.6 Å². The zero-order valence-corrected chi connectivity index (χ0v) is 21.6. The largest absolute Gasteiger partial charge is 0.361 e. The highest BCUT2D eigenvalue weighted by atomic mass is 16.2. The molecule has 36 heavy (non-hydrogen) atoms. The van der Waals surface area contributed by atoms with Gasteiger partial charge >= 0.3 is 0 Å². The molecule has 2 aromatic heterocycles. The fourth-order valence-electron chi connectivity index (χ4n) is 6.13. The molecule has 0 unspecified atom stereocenters. The van der Waals surface area contributed by atoms with E-state index in [1.165, 1.54) is 43.1 Å². The first-order valence-electron chi connectivity index (χ1n) is 13.4. The Morgan fingerprint density at radius 3 is 2.72 bits per heavy atom. The number of likely N-dealkylation sites (tertiary alicyclic amines) is 1. The van der Waals surface area contributed by atoms with Gasteiger partial charge in [-0.15, -0.1) is 0 Å². The maximum absolute atomic E-state index is 13.3. The number of aryl methyl sites for hydroxylation is 1. The fraction of sp³-hybridized carbons (Fsp3) is 0.536. The monoisotopic (exact) mass is 491 g/mol. The lowest BCUT2D eigenvalue weighted by Gasteiger charge is -2.47. The molecule has 0 spiro atoms. The van der Waals surface area contributed by atoms with Crippen molar-refractivity contribution in [1.82, 2.24) is 19.9 Å². The Hall–Kier alpha value is -3.13. The molecular weight excluding hydrogens is 452 g/mol. The van der Waals surface area contributed by atoms with E-state index in [2.05, 4.69) is 27.5 Å². The van der Waals surface area contributed by atoms with Crippen LogP contribution < -0.4 is 16.2 Å². The predicted molar refractivity (Wildman–Crippen MR) is 143 cm³/mol. The van der Waals surface area contributed by atoms with E-state index >= 15 is 0 Å². The Morgan fingerprint density at radius 2 is 1.94 bits per heavy atom. The van der Waals surface area contributed by atoms with Gasteiger partial charge < -0.3 is 20.1 Å². The molecule has 2 aliphatic rings. The first kappa shape index (κ1) is 24.6. The van der Waals surface area contributed by atoms with Gasteiger partial charge in [0.1, 0.15) is 6.54 Å². The van der Waals surface area contributed by atoms with Crippen LogP contribution in [0.2, 0.25) is 0 Å². The summed E-state index contributed by atoms with van der Waals surface area (Å²) in [6.07, 6.45) is 11.2. The number of benzene rings is 1. The summed E-state index contributed by atoms with van der Waals surface area (Å²) in [5, 5.41) is 7.49. The average Bonchev–Trinajstić information content (AvgIpc) is 3.59. The minimum absolute atomic E-state index is 0.0227. The lowest BCUT2D eigenvalue weighted by atomic mass is 9.94. The second kappa shape index (κ2) is 10.5. The minimum Gasteiger partial charge on any atom is -0.361 e. The summed E-state index contributed by atoms with van der Waals surface area (Å²) in [5.74, 6) is 0.930. The summed E-state index contributed by atoms with van der Waals surface area (Å²) in [5.41, 5.74) is 2.53. The average molecular weight is 492 g/mol. The normalized spacial score (nSPS) is 22.7. The SMILES string of the molecule is Cc1cnc(NC[N+]2(C3CCCC3)CCC(C)CC2)c(=O)n1CC(=O)NCc1cccc2[nH]ccc12. The van der Waals surface area contributed by atoms with Crippen molar-refractivity contribution in [1.29, 1.82) is 0 Å². The van der Waals surface area contributed by atoms with Crippen LogP contribution in [0.15, 0.2) is 41.5 Å². The lowest BCUT2D eigenvalue weighted by Crippen LogP contribution is -2.60. The zero-order valence-electron chi connectivity index (χ0n) is 21.6. The van der Waals surface area contributed by atoms with Gasteiger partial charge in [0.05, 0.1) is 19.1 Å². The molecule has 2 fully saturated rings. The van der Waals surface area contributed by atoms with Crippen molar-refractivity contribution in [2.75, 3.05) is 25.1 Å². The van der Waals surface area contributed by atoms with E-state index in [4.69, 9.17) is 0 Å². The molecule has 3 N–H and O–H groups in total. The van der Waals surface area contributed by atoms with Crippen molar-refractivity contribution in [3.8, 4) is 0 Å². The second-order valence-corrected chi connectivity index (χ2v) is 10.9. The van der Waals surface area contributed by atoms with Gasteiger partial charge in [0.2, 0.25) is 5.91 Å². The maximum atomic E-state index is 13.3. The Kier molecular flexibility index (Phi) is 7.14. The van der Waals surface area contributed by atoms with Crippen molar-refractivity contribution in [3.05, 3.63) is 58.3 Å². The number of amides is 1. The highest BCUT2D eigenvalue weighted by Crippen LogP contribution is 2.34. The van der Waals surface area contributed by atoms with E-state index in [1.807, 2.05) is 37.4 Å². The number of rotatable bonds is 8. The van der Waals surface area contributed by atoms with Gasteiger partial charge in [-0.05, 0) is 69.1 Å². The molecule has 1 amide bonds. The van der Waals surface area contributed by atoms with Crippen LogP contribution in [-0.4, -0.2) is 50.7 Å². The van der Waals surface area contributed by atoms with Gasteiger partial charge in [0.15, 0.2) is 12.5 Å². The fourth-order valence-corrected chi connectivity index (χ4v) is 6.13. The van der Waals surface area contributed by atoms with Crippen LogP contribution in [0.25, 0.3) is 10.9 Å².